The predicted molar refractivity (Wildman–Crippen MR) is 82.6 cm³/mol. The Morgan fingerprint density at radius 3 is 2.80 bits per heavy atom. The molecule has 1 aliphatic rings. The molecule has 3 rings (SSSR count). The van der Waals surface area contributed by atoms with Crippen molar-refractivity contribution in [2.24, 2.45) is 4.99 Å². The molecular weight excluding hydrogens is 320 g/mol. The van der Waals surface area contributed by atoms with Crippen LogP contribution in [0, 0.1) is 5.82 Å². The van der Waals surface area contributed by atoms with Gasteiger partial charge in [0.05, 0.1) is 15.6 Å². The zero-order valence-electron chi connectivity index (χ0n) is 9.95. The number of benzene rings is 2. The van der Waals surface area contributed by atoms with Gasteiger partial charge < -0.3 is 5.32 Å². The molecule has 2 aromatic rings. The minimum absolute atomic E-state index is 0.257. The maximum Gasteiger partial charge on any atom is 0.211 e. The van der Waals surface area contributed by atoms with Crippen LogP contribution in [0.1, 0.15) is 0 Å². The van der Waals surface area contributed by atoms with Crippen molar-refractivity contribution in [2.75, 3.05) is 5.32 Å². The minimum Gasteiger partial charge on any atom is -0.324 e. The summed E-state index contributed by atoms with van der Waals surface area (Å²) >= 11 is 13.1. The molecule has 0 aromatic heterocycles. The first-order valence-corrected chi connectivity index (χ1v) is 7.23. The maximum absolute atomic E-state index is 13.8. The lowest BCUT2D eigenvalue weighted by Crippen LogP contribution is -2.27. The Kier molecular flexibility index (Phi) is 3.74. The summed E-state index contributed by atoms with van der Waals surface area (Å²) in [6, 6.07) is 10.1. The average Bonchev–Trinajstić information content (AvgIpc) is 2.42. The van der Waals surface area contributed by atoms with Crippen molar-refractivity contribution in [3.63, 3.8) is 0 Å². The first-order valence-electron chi connectivity index (χ1n) is 5.65. The molecule has 1 heterocycles. The highest BCUT2D eigenvalue weighted by Crippen LogP contribution is 2.36. The number of hydrogen-bond acceptors (Lipinski definition) is 4. The molecule has 0 atom stereocenters. The summed E-state index contributed by atoms with van der Waals surface area (Å²) in [5.41, 5.74) is 0.951. The lowest BCUT2D eigenvalue weighted by Gasteiger charge is -2.18. The SMILES string of the molecule is Fc1cc(Cl)cc2c1N=C(Nc1ccccc1Cl)NS2. The fraction of sp³-hybridized carbons (Fsp3) is 0. The molecule has 102 valence electrons. The molecule has 0 unspecified atom stereocenters. The van der Waals surface area contributed by atoms with E-state index in [4.69, 9.17) is 23.2 Å². The summed E-state index contributed by atoms with van der Waals surface area (Å²) in [6.45, 7) is 0. The van der Waals surface area contributed by atoms with E-state index < -0.39 is 5.82 Å². The standard InChI is InChI=1S/C13H8Cl2FN3S/c14-7-5-9(16)12-11(6-7)20-19-13(18-12)17-10-4-2-1-3-8(10)15/h1-6H,(H2,17,18,19). The summed E-state index contributed by atoms with van der Waals surface area (Å²) in [4.78, 5) is 4.84. The van der Waals surface area contributed by atoms with E-state index in [1.165, 1.54) is 18.0 Å². The lowest BCUT2D eigenvalue weighted by molar-refractivity contribution is 0.626. The minimum atomic E-state index is -0.458. The molecule has 2 N–H and O–H groups in total. The number of anilines is 1. The van der Waals surface area contributed by atoms with Crippen molar-refractivity contribution >= 4 is 52.5 Å². The van der Waals surface area contributed by atoms with Crippen molar-refractivity contribution in [3.05, 3.63) is 52.3 Å². The van der Waals surface area contributed by atoms with Gasteiger partial charge in [-0.25, -0.2) is 9.38 Å². The zero-order chi connectivity index (χ0) is 14.1. The van der Waals surface area contributed by atoms with Gasteiger partial charge in [-0.3, -0.25) is 4.72 Å². The number of hydrogen-bond donors (Lipinski definition) is 2. The lowest BCUT2D eigenvalue weighted by atomic mass is 10.3. The highest BCUT2D eigenvalue weighted by atomic mass is 35.5. The number of halogens is 3. The van der Waals surface area contributed by atoms with Crippen molar-refractivity contribution in [1.82, 2.24) is 4.72 Å². The Morgan fingerprint density at radius 2 is 2.00 bits per heavy atom. The Hall–Kier alpha value is -1.43. The van der Waals surface area contributed by atoms with Gasteiger partial charge in [-0.2, -0.15) is 0 Å². The highest BCUT2D eigenvalue weighted by Gasteiger charge is 2.17. The normalized spacial score (nSPS) is 13.2. The fourth-order valence-electron chi connectivity index (χ4n) is 1.71. The quantitative estimate of drug-likeness (QED) is 0.735. The summed E-state index contributed by atoms with van der Waals surface area (Å²) in [5, 5.41) is 3.92. The highest BCUT2D eigenvalue weighted by molar-refractivity contribution is 7.98. The van der Waals surface area contributed by atoms with Crippen molar-refractivity contribution in [2.45, 2.75) is 4.90 Å². The van der Waals surface area contributed by atoms with Gasteiger partial charge in [-0.05, 0) is 36.2 Å². The Balaban J connectivity index is 1.93. The number of guanidine groups is 1. The van der Waals surface area contributed by atoms with E-state index >= 15 is 0 Å². The van der Waals surface area contributed by atoms with E-state index in [-0.39, 0.29) is 5.69 Å². The molecule has 3 nitrogen and oxygen atoms in total. The molecule has 0 spiro atoms. The second kappa shape index (κ2) is 5.52. The number of nitrogens with one attached hydrogen (secondary N) is 2. The first-order chi connectivity index (χ1) is 9.63. The second-order valence-electron chi connectivity index (χ2n) is 4.00. The van der Waals surface area contributed by atoms with Gasteiger partial charge in [0.1, 0.15) is 5.69 Å². The fourth-order valence-corrected chi connectivity index (χ4v) is 2.89. The third-order valence-electron chi connectivity index (χ3n) is 2.60. The second-order valence-corrected chi connectivity index (χ2v) is 5.70. The summed E-state index contributed by atoms with van der Waals surface area (Å²) in [7, 11) is 0. The third-order valence-corrected chi connectivity index (χ3v) is 3.98. The van der Waals surface area contributed by atoms with Crippen LogP contribution in [0.4, 0.5) is 15.8 Å². The van der Waals surface area contributed by atoms with E-state index in [0.717, 1.165) is 0 Å². The largest absolute Gasteiger partial charge is 0.324 e. The molecule has 0 bridgehead atoms. The number of fused-ring (bicyclic) bond motifs is 1. The predicted octanol–water partition coefficient (Wildman–Crippen LogP) is 4.84. The molecule has 0 amide bonds. The topological polar surface area (TPSA) is 36.4 Å². The van der Waals surface area contributed by atoms with Crippen LogP contribution in [-0.2, 0) is 0 Å². The van der Waals surface area contributed by atoms with Crippen molar-refractivity contribution in [1.29, 1.82) is 0 Å². The number of nitrogens with zero attached hydrogens (tertiary/aromatic N) is 1. The molecule has 0 saturated carbocycles. The van der Waals surface area contributed by atoms with Gasteiger partial charge in [0.25, 0.3) is 0 Å². The van der Waals surface area contributed by atoms with E-state index in [9.17, 15) is 4.39 Å². The van der Waals surface area contributed by atoms with Crippen LogP contribution < -0.4 is 10.0 Å². The van der Waals surface area contributed by atoms with E-state index in [1.54, 1.807) is 12.1 Å². The monoisotopic (exact) mass is 327 g/mol. The van der Waals surface area contributed by atoms with Gasteiger partial charge in [-0.15, -0.1) is 0 Å². The smallest absolute Gasteiger partial charge is 0.211 e. The molecule has 0 aliphatic carbocycles. The first kappa shape index (κ1) is 13.5. The maximum atomic E-state index is 13.8. The van der Waals surface area contributed by atoms with Gasteiger partial charge in [0.2, 0.25) is 5.96 Å². The van der Waals surface area contributed by atoms with Gasteiger partial charge in [-0.1, -0.05) is 35.3 Å². The van der Waals surface area contributed by atoms with Crippen LogP contribution in [0.2, 0.25) is 10.0 Å². The van der Waals surface area contributed by atoms with Crippen molar-refractivity contribution < 1.29 is 4.39 Å². The van der Waals surface area contributed by atoms with Crippen LogP contribution in [0.3, 0.4) is 0 Å². The average molecular weight is 328 g/mol. The number of rotatable bonds is 1. The summed E-state index contributed by atoms with van der Waals surface area (Å²) in [6.07, 6.45) is 0. The number of para-hydroxylation sites is 1. The van der Waals surface area contributed by atoms with Crippen LogP contribution in [0.5, 0.6) is 0 Å². The molecule has 20 heavy (non-hydrogen) atoms. The van der Waals surface area contributed by atoms with Gasteiger partial charge in [0, 0.05) is 5.02 Å². The third kappa shape index (κ3) is 2.70. The van der Waals surface area contributed by atoms with E-state index in [0.29, 0.717) is 26.6 Å². The van der Waals surface area contributed by atoms with Gasteiger partial charge in [0.15, 0.2) is 5.82 Å². The molecular formula is C13H8Cl2FN3S. The summed E-state index contributed by atoms with van der Waals surface area (Å²) < 4.78 is 16.8. The van der Waals surface area contributed by atoms with E-state index in [2.05, 4.69) is 15.0 Å². The van der Waals surface area contributed by atoms with Crippen LogP contribution >= 0.6 is 35.1 Å². The van der Waals surface area contributed by atoms with E-state index in [1.807, 2.05) is 18.2 Å². The van der Waals surface area contributed by atoms with Crippen LogP contribution in [0.15, 0.2) is 46.3 Å². The summed E-state index contributed by atoms with van der Waals surface area (Å²) in [5.74, 6) is -0.0446. The Morgan fingerprint density at radius 1 is 1.20 bits per heavy atom. The van der Waals surface area contributed by atoms with Crippen LogP contribution in [-0.4, -0.2) is 5.96 Å². The Labute approximate surface area is 129 Å². The molecule has 1 aliphatic heterocycles. The van der Waals surface area contributed by atoms with Crippen LogP contribution in [0.25, 0.3) is 0 Å². The van der Waals surface area contributed by atoms with Crippen molar-refractivity contribution in [3.8, 4) is 0 Å². The van der Waals surface area contributed by atoms with Gasteiger partial charge >= 0.3 is 0 Å². The molecule has 2 aromatic carbocycles. The Bertz CT molecular complexity index is 706. The molecule has 7 heteroatoms. The molecule has 0 fully saturated rings. The molecule has 0 radical (unpaired) electrons. The number of aliphatic imine (C=N–C) groups is 1. The zero-order valence-corrected chi connectivity index (χ0v) is 12.3. The molecule has 0 saturated heterocycles.